The normalized spacial score (nSPS) is 14.2. The number of benzene rings is 1. The van der Waals surface area contributed by atoms with E-state index in [1.165, 1.54) is 0 Å². The van der Waals surface area contributed by atoms with Crippen molar-refractivity contribution in [1.29, 1.82) is 0 Å². The van der Waals surface area contributed by atoms with Gasteiger partial charge in [-0.15, -0.1) is 0 Å². The molecule has 0 saturated heterocycles. The van der Waals surface area contributed by atoms with E-state index in [0.29, 0.717) is 0 Å². The quantitative estimate of drug-likeness (QED) is 0.741. The number of hydrogen-bond acceptors (Lipinski definition) is 4. The molecule has 0 aliphatic carbocycles. The number of methoxy groups -OCH3 is 1. The SMILES string of the molecule is CCNC(C)c1ccccc1OCC(O)COC. The molecule has 2 atom stereocenters. The van der Waals surface area contributed by atoms with E-state index in [1.54, 1.807) is 7.11 Å². The summed E-state index contributed by atoms with van der Waals surface area (Å²) in [6.07, 6.45) is -0.600. The maximum absolute atomic E-state index is 9.58. The maximum atomic E-state index is 9.58. The summed E-state index contributed by atoms with van der Waals surface area (Å²) >= 11 is 0. The van der Waals surface area contributed by atoms with Crippen molar-refractivity contribution >= 4 is 0 Å². The highest BCUT2D eigenvalue weighted by molar-refractivity contribution is 5.35. The van der Waals surface area contributed by atoms with Gasteiger partial charge in [-0.1, -0.05) is 25.1 Å². The molecule has 0 aliphatic rings. The van der Waals surface area contributed by atoms with Gasteiger partial charge in [-0.25, -0.2) is 0 Å². The van der Waals surface area contributed by atoms with Crippen molar-refractivity contribution in [1.82, 2.24) is 5.32 Å². The third kappa shape index (κ3) is 4.64. The zero-order valence-corrected chi connectivity index (χ0v) is 11.3. The first-order valence-electron chi connectivity index (χ1n) is 6.31. The summed E-state index contributed by atoms with van der Waals surface area (Å²) in [6.45, 7) is 5.59. The van der Waals surface area contributed by atoms with Gasteiger partial charge in [-0.05, 0) is 19.5 Å². The van der Waals surface area contributed by atoms with Crippen LogP contribution in [0.15, 0.2) is 24.3 Å². The van der Waals surface area contributed by atoms with E-state index >= 15 is 0 Å². The molecule has 2 unspecified atom stereocenters. The average molecular weight is 253 g/mol. The molecular weight excluding hydrogens is 230 g/mol. The lowest BCUT2D eigenvalue weighted by molar-refractivity contribution is 0.0322. The Bertz CT molecular complexity index is 344. The molecule has 0 heterocycles. The van der Waals surface area contributed by atoms with Crippen molar-refractivity contribution in [3.05, 3.63) is 29.8 Å². The summed E-state index contributed by atoms with van der Waals surface area (Å²) in [4.78, 5) is 0. The van der Waals surface area contributed by atoms with Crippen molar-refractivity contribution in [2.24, 2.45) is 0 Å². The summed E-state index contributed by atoms with van der Waals surface area (Å²) in [5.74, 6) is 0.807. The second-order valence-corrected chi connectivity index (χ2v) is 4.24. The topological polar surface area (TPSA) is 50.7 Å². The van der Waals surface area contributed by atoms with Crippen LogP contribution in [0.5, 0.6) is 5.75 Å². The second kappa shape index (κ2) is 8.08. The van der Waals surface area contributed by atoms with Crippen LogP contribution in [0.4, 0.5) is 0 Å². The predicted octanol–water partition coefficient (Wildman–Crippen LogP) is 1.74. The largest absolute Gasteiger partial charge is 0.490 e. The predicted molar refractivity (Wildman–Crippen MR) is 71.9 cm³/mol. The molecule has 0 saturated carbocycles. The average Bonchev–Trinajstić information content (AvgIpc) is 2.37. The van der Waals surface area contributed by atoms with E-state index in [-0.39, 0.29) is 19.3 Å². The van der Waals surface area contributed by atoms with Gasteiger partial charge in [0.15, 0.2) is 0 Å². The highest BCUT2D eigenvalue weighted by Crippen LogP contribution is 2.24. The molecule has 0 spiro atoms. The molecule has 1 aromatic rings. The lowest BCUT2D eigenvalue weighted by atomic mass is 10.1. The molecule has 4 nitrogen and oxygen atoms in total. The summed E-state index contributed by atoms with van der Waals surface area (Å²) in [5, 5.41) is 12.9. The highest BCUT2D eigenvalue weighted by Gasteiger charge is 2.11. The van der Waals surface area contributed by atoms with E-state index in [9.17, 15) is 5.11 Å². The van der Waals surface area contributed by atoms with Crippen LogP contribution in [0.25, 0.3) is 0 Å². The fraction of sp³-hybridized carbons (Fsp3) is 0.571. The Morgan fingerprint density at radius 1 is 1.28 bits per heavy atom. The van der Waals surface area contributed by atoms with Crippen molar-refractivity contribution in [2.75, 3.05) is 26.9 Å². The standard InChI is InChI=1S/C14H23NO3/c1-4-15-11(2)13-7-5-6-8-14(13)18-10-12(16)9-17-3/h5-8,11-12,15-16H,4,9-10H2,1-3H3. The minimum absolute atomic E-state index is 0.228. The Balaban J connectivity index is 2.64. The smallest absolute Gasteiger partial charge is 0.124 e. The summed E-state index contributed by atoms with van der Waals surface area (Å²) < 4.78 is 10.5. The second-order valence-electron chi connectivity index (χ2n) is 4.24. The van der Waals surface area contributed by atoms with E-state index in [4.69, 9.17) is 9.47 Å². The van der Waals surface area contributed by atoms with Crippen LogP contribution in [0.2, 0.25) is 0 Å². The maximum Gasteiger partial charge on any atom is 0.124 e. The summed E-state index contributed by atoms with van der Waals surface area (Å²) in [5.41, 5.74) is 1.10. The first-order valence-corrected chi connectivity index (χ1v) is 6.31. The Morgan fingerprint density at radius 2 is 2.00 bits per heavy atom. The number of ether oxygens (including phenoxy) is 2. The number of nitrogens with one attached hydrogen (secondary N) is 1. The van der Waals surface area contributed by atoms with Crippen molar-refractivity contribution in [3.8, 4) is 5.75 Å². The molecule has 1 rings (SSSR count). The molecule has 1 aromatic carbocycles. The van der Waals surface area contributed by atoms with Crippen LogP contribution >= 0.6 is 0 Å². The molecule has 0 radical (unpaired) electrons. The minimum atomic E-state index is -0.600. The number of aliphatic hydroxyl groups is 1. The van der Waals surface area contributed by atoms with E-state index in [1.807, 2.05) is 24.3 Å². The Kier molecular flexibility index (Phi) is 6.72. The van der Waals surface area contributed by atoms with Crippen molar-refractivity contribution in [2.45, 2.75) is 26.0 Å². The van der Waals surface area contributed by atoms with Crippen LogP contribution in [0, 0.1) is 0 Å². The zero-order valence-electron chi connectivity index (χ0n) is 11.3. The van der Waals surface area contributed by atoms with Gasteiger partial charge < -0.3 is 19.9 Å². The van der Waals surface area contributed by atoms with Gasteiger partial charge in [0, 0.05) is 18.7 Å². The first kappa shape index (κ1) is 15.0. The third-order valence-corrected chi connectivity index (χ3v) is 2.69. The molecule has 2 N–H and O–H groups in total. The highest BCUT2D eigenvalue weighted by atomic mass is 16.5. The molecule has 0 bridgehead atoms. The summed E-state index contributed by atoms with van der Waals surface area (Å²) in [6, 6.07) is 8.10. The van der Waals surface area contributed by atoms with Gasteiger partial charge in [-0.2, -0.15) is 0 Å². The first-order chi connectivity index (χ1) is 8.69. The Hall–Kier alpha value is -1.10. The molecule has 102 valence electrons. The molecule has 0 fully saturated rings. The zero-order chi connectivity index (χ0) is 13.4. The minimum Gasteiger partial charge on any atom is -0.490 e. The van der Waals surface area contributed by atoms with Crippen LogP contribution in [0.1, 0.15) is 25.5 Å². The monoisotopic (exact) mass is 253 g/mol. The van der Waals surface area contributed by atoms with Crippen molar-refractivity contribution in [3.63, 3.8) is 0 Å². The number of rotatable bonds is 8. The van der Waals surface area contributed by atoms with Gasteiger partial charge in [0.25, 0.3) is 0 Å². The van der Waals surface area contributed by atoms with Gasteiger partial charge >= 0.3 is 0 Å². The fourth-order valence-electron chi connectivity index (χ4n) is 1.81. The lowest BCUT2D eigenvalue weighted by Gasteiger charge is -2.18. The molecule has 0 aliphatic heterocycles. The van der Waals surface area contributed by atoms with E-state index in [2.05, 4.69) is 19.2 Å². The number of aliphatic hydroxyl groups excluding tert-OH is 1. The van der Waals surface area contributed by atoms with Gasteiger partial charge in [0.05, 0.1) is 6.61 Å². The molecular formula is C14H23NO3. The molecule has 4 heteroatoms. The Morgan fingerprint density at radius 3 is 2.67 bits per heavy atom. The number of para-hydroxylation sites is 1. The van der Waals surface area contributed by atoms with Crippen LogP contribution < -0.4 is 10.1 Å². The van der Waals surface area contributed by atoms with E-state index < -0.39 is 6.10 Å². The Labute approximate surface area is 109 Å². The van der Waals surface area contributed by atoms with Gasteiger partial charge in [0.2, 0.25) is 0 Å². The molecule has 18 heavy (non-hydrogen) atoms. The van der Waals surface area contributed by atoms with Crippen LogP contribution in [0.3, 0.4) is 0 Å². The fourth-order valence-corrected chi connectivity index (χ4v) is 1.81. The van der Waals surface area contributed by atoms with Crippen LogP contribution in [-0.4, -0.2) is 38.1 Å². The van der Waals surface area contributed by atoms with E-state index in [0.717, 1.165) is 17.9 Å². The molecule has 0 aromatic heterocycles. The van der Waals surface area contributed by atoms with Crippen LogP contribution in [-0.2, 0) is 4.74 Å². The third-order valence-electron chi connectivity index (χ3n) is 2.69. The van der Waals surface area contributed by atoms with Gasteiger partial charge in [0.1, 0.15) is 18.5 Å². The lowest BCUT2D eigenvalue weighted by Crippen LogP contribution is -2.24. The van der Waals surface area contributed by atoms with Gasteiger partial charge in [-0.3, -0.25) is 0 Å². The van der Waals surface area contributed by atoms with Crippen molar-refractivity contribution < 1.29 is 14.6 Å². The molecule has 0 amide bonds. The summed E-state index contributed by atoms with van der Waals surface area (Å²) in [7, 11) is 1.56. The number of hydrogen-bond donors (Lipinski definition) is 2.